The van der Waals surface area contributed by atoms with Gasteiger partial charge in [-0.2, -0.15) is 13.2 Å². The van der Waals surface area contributed by atoms with Gasteiger partial charge >= 0.3 is 6.18 Å². The number of hydrogen-bond donors (Lipinski definition) is 3. The molecule has 3 nitrogen and oxygen atoms in total. The molecule has 4 fully saturated rings. The number of alkyl halides is 3. The van der Waals surface area contributed by atoms with Gasteiger partial charge in [0.05, 0.1) is 5.60 Å². The van der Waals surface area contributed by atoms with Gasteiger partial charge in [-0.3, -0.25) is 0 Å². The molecule has 0 radical (unpaired) electrons. The summed E-state index contributed by atoms with van der Waals surface area (Å²) in [5.41, 5.74) is 0.0988. The molecular formula is C28H47F3O3. The summed E-state index contributed by atoms with van der Waals surface area (Å²) in [7, 11) is 0. The van der Waals surface area contributed by atoms with Crippen molar-refractivity contribution in [1.29, 1.82) is 0 Å². The monoisotopic (exact) mass is 488 g/mol. The molecule has 4 rings (SSSR count). The molecule has 6 heteroatoms. The second kappa shape index (κ2) is 8.90. The van der Waals surface area contributed by atoms with E-state index in [1.54, 1.807) is 0 Å². The lowest BCUT2D eigenvalue weighted by Crippen LogP contribution is -2.56. The molecule has 4 aliphatic rings. The Hall–Kier alpha value is -0.330. The van der Waals surface area contributed by atoms with Gasteiger partial charge in [0.1, 0.15) is 0 Å². The van der Waals surface area contributed by atoms with E-state index in [4.69, 9.17) is 0 Å². The van der Waals surface area contributed by atoms with E-state index in [2.05, 4.69) is 27.7 Å². The molecule has 4 saturated carbocycles. The molecule has 0 aliphatic heterocycles. The van der Waals surface area contributed by atoms with Crippen LogP contribution >= 0.6 is 0 Å². The lowest BCUT2D eigenvalue weighted by atomic mass is 9.43. The van der Waals surface area contributed by atoms with Gasteiger partial charge in [-0.05, 0) is 117 Å². The molecule has 0 heterocycles. The van der Waals surface area contributed by atoms with Crippen molar-refractivity contribution in [2.45, 2.75) is 129 Å². The Morgan fingerprint density at radius 1 is 0.912 bits per heavy atom. The fourth-order valence-corrected chi connectivity index (χ4v) is 9.63. The van der Waals surface area contributed by atoms with Crippen molar-refractivity contribution in [3.63, 3.8) is 0 Å². The highest BCUT2D eigenvalue weighted by Crippen LogP contribution is 2.69. The van der Waals surface area contributed by atoms with Crippen molar-refractivity contribution in [2.24, 2.45) is 46.3 Å². The van der Waals surface area contributed by atoms with Crippen LogP contribution in [0.2, 0.25) is 0 Å². The Balaban J connectivity index is 1.41. The van der Waals surface area contributed by atoms with Crippen molar-refractivity contribution in [3.8, 4) is 0 Å². The van der Waals surface area contributed by atoms with E-state index in [0.717, 1.165) is 43.9 Å². The molecule has 4 aliphatic carbocycles. The first-order valence-corrected chi connectivity index (χ1v) is 13.9. The highest BCUT2D eigenvalue weighted by atomic mass is 19.4. The molecule has 9 atom stereocenters. The fourth-order valence-electron chi connectivity index (χ4n) is 9.63. The maximum atomic E-state index is 12.8. The molecular weight excluding hydrogens is 441 g/mol. The molecule has 0 bridgehead atoms. The molecule has 0 saturated heterocycles. The first-order valence-electron chi connectivity index (χ1n) is 13.9. The second-order valence-electron chi connectivity index (χ2n) is 13.4. The van der Waals surface area contributed by atoms with Gasteiger partial charge in [0.25, 0.3) is 5.79 Å². The van der Waals surface area contributed by atoms with Crippen LogP contribution in [0.5, 0.6) is 0 Å². The van der Waals surface area contributed by atoms with E-state index in [-0.39, 0.29) is 17.8 Å². The Morgan fingerprint density at radius 3 is 2.24 bits per heavy atom. The van der Waals surface area contributed by atoms with E-state index in [1.165, 1.54) is 32.1 Å². The zero-order valence-electron chi connectivity index (χ0n) is 21.6. The van der Waals surface area contributed by atoms with E-state index in [1.807, 2.05) is 0 Å². The molecule has 0 unspecified atom stereocenters. The maximum Gasteiger partial charge on any atom is 0.442 e. The lowest BCUT2D eigenvalue weighted by Gasteiger charge is -2.62. The third kappa shape index (κ3) is 4.36. The van der Waals surface area contributed by atoms with Crippen LogP contribution in [0.1, 0.15) is 111 Å². The maximum absolute atomic E-state index is 12.8. The predicted octanol–water partition coefficient (Wildman–Crippen LogP) is 6.84. The van der Waals surface area contributed by atoms with Gasteiger partial charge in [-0.25, -0.2) is 0 Å². The van der Waals surface area contributed by atoms with E-state index >= 15 is 0 Å². The van der Waals surface area contributed by atoms with Crippen LogP contribution in [-0.4, -0.2) is 32.9 Å². The number of rotatable bonds is 6. The van der Waals surface area contributed by atoms with Gasteiger partial charge in [0, 0.05) is 6.42 Å². The highest BCUT2D eigenvalue weighted by Gasteiger charge is 2.61. The predicted molar refractivity (Wildman–Crippen MR) is 127 cm³/mol. The smallest absolute Gasteiger partial charge is 0.390 e. The van der Waals surface area contributed by atoms with Crippen molar-refractivity contribution in [3.05, 3.63) is 0 Å². The summed E-state index contributed by atoms with van der Waals surface area (Å²) in [5.74, 6) is -0.0128. The van der Waals surface area contributed by atoms with Crippen molar-refractivity contribution in [2.75, 3.05) is 0 Å². The number of hydrogen-bond acceptors (Lipinski definition) is 3. The highest BCUT2D eigenvalue weighted by molar-refractivity contribution is 5.10. The molecule has 0 amide bonds. The summed E-state index contributed by atoms with van der Waals surface area (Å²) in [4.78, 5) is 0. The van der Waals surface area contributed by atoms with Crippen LogP contribution in [-0.2, 0) is 0 Å². The van der Waals surface area contributed by atoms with E-state index < -0.39 is 24.0 Å². The minimum Gasteiger partial charge on any atom is -0.390 e. The normalized spacial score (nSPS) is 45.9. The third-order valence-corrected chi connectivity index (χ3v) is 11.9. The van der Waals surface area contributed by atoms with Gasteiger partial charge in [-0.1, -0.05) is 34.1 Å². The van der Waals surface area contributed by atoms with Crippen LogP contribution in [0.25, 0.3) is 0 Å². The number of halogens is 3. The summed E-state index contributed by atoms with van der Waals surface area (Å²) in [6, 6.07) is 0. The van der Waals surface area contributed by atoms with Gasteiger partial charge in [0.2, 0.25) is 0 Å². The summed E-state index contributed by atoms with van der Waals surface area (Å²) in [6.45, 7) is 9.24. The minimum atomic E-state index is -5.00. The zero-order chi connectivity index (χ0) is 25.2. The number of aliphatic hydroxyl groups is 3. The van der Waals surface area contributed by atoms with Crippen molar-refractivity contribution >= 4 is 0 Å². The van der Waals surface area contributed by atoms with E-state index in [0.29, 0.717) is 29.6 Å². The topological polar surface area (TPSA) is 60.7 Å². The molecule has 0 aromatic carbocycles. The first kappa shape index (κ1) is 26.7. The fraction of sp³-hybridized carbons (Fsp3) is 1.00. The first-order chi connectivity index (χ1) is 15.7. The molecule has 34 heavy (non-hydrogen) atoms. The quantitative estimate of drug-likeness (QED) is 0.359. The van der Waals surface area contributed by atoms with Gasteiger partial charge in [0.15, 0.2) is 0 Å². The zero-order valence-corrected chi connectivity index (χ0v) is 21.6. The summed E-state index contributed by atoms with van der Waals surface area (Å²) >= 11 is 0. The van der Waals surface area contributed by atoms with Crippen molar-refractivity contribution in [1.82, 2.24) is 0 Å². The average Bonchev–Trinajstić information content (AvgIpc) is 3.10. The Kier molecular flexibility index (Phi) is 7.00. The second-order valence-corrected chi connectivity index (χ2v) is 13.4. The average molecular weight is 489 g/mol. The Morgan fingerprint density at radius 2 is 1.59 bits per heavy atom. The van der Waals surface area contributed by atoms with Crippen LogP contribution in [0.4, 0.5) is 13.2 Å². The Bertz CT molecular complexity index is 739. The lowest BCUT2D eigenvalue weighted by molar-refractivity contribution is -0.351. The van der Waals surface area contributed by atoms with Crippen molar-refractivity contribution < 1.29 is 28.5 Å². The van der Waals surface area contributed by atoms with Gasteiger partial charge in [-0.15, -0.1) is 0 Å². The molecule has 3 N–H and O–H groups in total. The third-order valence-electron chi connectivity index (χ3n) is 11.9. The standard InChI is InChI=1S/C28H47F3O3/c1-5-26(32)16-15-24(3)19(17-26)8-9-20-22-11-10-21(25(22,4)14-12-23(20)24)18(2)7-6-13-27(33,34)28(29,30)31/h18-23,32-34H,5-17H2,1-4H3/t18-,19+,20+,21-,22+,23+,24+,25-,26+/m1/s1. The summed E-state index contributed by atoms with van der Waals surface area (Å²) in [6.07, 6.45) is 6.28. The van der Waals surface area contributed by atoms with E-state index in [9.17, 15) is 28.5 Å². The van der Waals surface area contributed by atoms with Crippen LogP contribution in [0.15, 0.2) is 0 Å². The molecule has 0 aromatic rings. The summed E-state index contributed by atoms with van der Waals surface area (Å²) < 4.78 is 38.4. The SMILES string of the molecule is CC[C@]1(O)CC[C@@]2(C)[C@@H](CC[C@@H]3[C@@H]2CC[C@]2(C)[C@@H]([C@H](C)CCCC(O)(O)C(F)(F)F)CC[C@@H]32)C1. The molecule has 0 aromatic heterocycles. The van der Waals surface area contributed by atoms with Crippen LogP contribution < -0.4 is 0 Å². The summed E-state index contributed by atoms with van der Waals surface area (Å²) in [5, 5.41) is 29.7. The largest absolute Gasteiger partial charge is 0.442 e. The number of fused-ring (bicyclic) bond motifs is 5. The van der Waals surface area contributed by atoms with Crippen LogP contribution in [0, 0.1) is 46.3 Å². The molecule has 198 valence electrons. The van der Waals surface area contributed by atoms with Crippen LogP contribution in [0.3, 0.4) is 0 Å². The Labute approximate surface area is 203 Å². The minimum absolute atomic E-state index is 0.178. The van der Waals surface area contributed by atoms with Gasteiger partial charge < -0.3 is 15.3 Å². The molecule has 0 spiro atoms.